The van der Waals surface area contributed by atoms with Crippen molar-refractivity contribution in [3.8, 4) is 0 Å². The normalized spacial score (nSPS) is 12.9. The first kappa shape index (κ1) is 9.29. The molecule has 12 heavy (non-hydrogen) atoms. The van der Waals surface area contributed by atoms with Crippen LogP contribution in [-0.4, -0.2) is 4.98 Å². The highest BCUT2D eigenvalue weighted by Crippen LogP contribution is 2.18. The maximum absolute atomic E-state index is 10.8. The number of H-pyrrole nitrogens is 1. The van der Waals surface area contributed by atoms with Crippen LogP contribution in [0.5, 0.6) is 0 Å². The van der Waals surface area contributed by atoms with Crippen LogP contribution in [0.2, 0.25) is 5.15 Å². The van der Waals surface area contributed by atoms with Gasteiger partial charge >= 0.3 is 0 Å². The average Bonchev–Trinajstić information content (AvgIpc) is 2.03. The smallest absolute Gasteiger partial charge is 0.249 e. The molecule has 0 saturated heterocycles. The Kier molecular flexibility index (Phi) is 2.89. The fraction of sp³-hybridized carbons (Fsp3) is 0.375. The fourth-order valence-corrected chi connectivity index (χ4v) is 1.26. The van der Waals surface area contributed by atoms with Gasteiger partial charge in [0.2, 0.25) is 5.56 Å². The summed E-state index contributed by atoms with van der Waals surface area (Å²) in [6.07, 6.45) is 0.797. The van der Waals surface area contributed by atoms with Crippen molar-refractivity contribution in [2.45, 2.75) is 19.4 Å². The molecule has 0 aliphatic carbocycles. The molecule has 0 fully saturated rings. The number of halogens is 1. The van der Waals surface area contributed by atoms with E-state index in [9.17, 15) is 4.79 Å². The zero-order valence-electron chi connectivity index (χ0n) is 6.80. The second-order valence-corrected chi connectivity index (χ2v) is 2.98. The number of hydrogen-bond acceptors (Lipinski definition) is 2. The largest absolute Gasteiger partial charge is 0.324 e. The van der Waals surface area contributed by atoms with Crippen molar-refractivity contribution in [2.75, 3.05) is 0 Å². The highest BCUT2D eigenvalue weighted by Gasteiger charge is 2.07. The molecular formula is C8H11ClN2O. The van der Waals surface area contributed by atoms with Crippen molar-refractivity contribution in [3.05, 3.63) is 33.2 Å². The Morgan fingerprint density at radius 2 is 2.33 bits per heavy atom. The lowest BCUT2D eigenvalue weighted by Crippen LogP contribution is -2.13. The summed E-state index contributed by atoms with van der Waals surface area (Å²) < 4.78 is 0. The van der Waals surface area contributed by atoms with Crippen molar-refractivity contribution in [2.24, 2.45) is 5.73 Å². The van der Waals surface area contributed by atoms with Crippen LogP contribution in [0, 0.1) is 0 Å². The van der Waals surface area contributed by atoms with E-state index in [-0.39, 0.29) is 11.6 Å². The SMILES string of the molecule is CC[C@H](N)c1ccc(=O)[nH]c1Cl. The van der Waals surface area contributed by atoms with E-state index in [2.05, 4.69) is 4.98 Å². The second-order valence-electron chi connectivity index (χ2n) is 2.61. The van der Waals surface area contributed by atoms with Gasteiger partial charge in [-0.25, -0.2) is 0 Å². The van der Waals surface area contributed by atoms with Crippen molar-refractivity contribution in [1.29, 1.82) is 0 Å². The quantitative estimate of drug-likeness (QED) is 0.687. The second kappa shape index (κ2) is 3.74. The zero-order valence-corrected chi connectivity index (χ0v) is 7.56. The summed E-state index contributed by atoms with van der Waals surface area (Å²) >= 11 is 5.77. The maximum Gasteiger partial charge on any atom is 0.249 e. The molecule has 0 aliphatic heterocycles. The minimum Gasteiger partial charge on any atom is -0.324 e. The molecule has 0 unspecified atom stereocenters. The Morgan fingerprint density at radius 1 is 1.67 bits per heavy atom. The van der Waals surface area contributed by atoms with Crippen LogP contribution in [0.1, 0.15) is 24.9 Å². The zero-order chi connectivity index (χ0) is 9.14. The number of rotatable bonds is 2. The third-order valence-electron chi connectivity index (χ3n) is 1.74. The Labute approximate surface area is 75.6 Å². The molecular weight excluding hydrogens is 176 g/mol. The van der Waals surface area contributed by atoms with Gasteiger partial charge in [0.15, 0.2) is 0 Å². The molecule has 1 heterocycles. The molecule has 0 amide bonds. The molecule has 3 N–H and O–H groups in total. The van der Waals surface area contributed by atoms with Gasteiger partial charge in [-0.15, -0.1) is 0 Å². The summed E-state index contributed by atoms with van der Waals surface area (Å²) in [5.41, 5.74) is 6.33. The van der Waals surface area contributed by atoms with Crippen LogP contribution in [0.3, 0.4) is 0 Å². The fourth-order valence-electron chi connectivity index (χ4n) is 0.967. The van der Waals surface area contributed by atoms with Crippen LogP contribution in [0.4, 0.5) is 0 Å². The van der Waals surface area contributed by atoms with E-state index in [1.54, 1.807) is 6.07 Å². The molecule has 0 bridgehead atoms. The number of hydrogen-bond donors (Lipinski definition) is 2. The molecule has 0 aromatic carbocycles. The lowest BCUT2D eigenvalue weighted by Gasteiger charge is -2.09. The minimum atomic E-state index is -0.202. The van der Waals surface area contributed by atoms with Crippen molar-refractivity contribution >= 4 is 11.6 Å². The summed E-state index contributed by atoms with van der Waals surface area (Å²) in [7, 11) is 0. The minimum absolute atomic E-state index is 0.102. The molecule has 1 aromatic heterocycles. The number of aromatic amines is 1. The topological polar surface area (TPSA) is 58.9 Å². The van der Waals surface area contributed by atoms with Crippen LogP contribution < -0.4 is 11.3 Å². The summed E-state index contributed by atoms with van der Waals surface area (Å²) in [4.78, 5) is 13.3. The Hall–Kier alpha value is -0.800. The van der Waals surface area contributed by atoms with Gasteiger partial charge in [0.1, 0.15) is 5.15 Å². The van der Waals surface area contributed by atoms with Gasteiger partial charge in [-0.3, -0.25) is 4.79 Å². The van der Waals surface area contributed by atoms with Gasteiger partial charge in [-0.2, -0.15) is 0 Å². The van der Waals surface area contributed by atoms with Gasteiger partial charge < -0.3 is 10.7 Å². The van der Waals surface area contributed by atoms with E-state index in [4.69, 9.17) is 17.3 Å². The van der Waals surface area contributed by atoms with E-state index in [1.165, 1.54) is 6.07 Å². The van der Waals surface area contributed by atoms with Gasteiger partial charge in [-0.05, 0) is 12.5 Å². The molecule has 1 rings (SSSR count). The van der Waals surface area contributed by atoms with Gasteiger partial charge in [0.05, 0.1) is 0 Å². The lowest BCUT2D eigenvalue weighted by molar-refractivity contribution is 0.695. The molecule has 1 aromatic rings. The van der Waals surface area contributed by atoms with Crippen molar-refractivity contribution < 1.29 is 0 Å². The first-order valence-electron chi connectivity index (χ1n) is 3.79. The first-order chi connectivity index (χ1) is 5.65. The van der Waals surface area contributed by atoms with Crippen LogP contribution >= 0.6 is 11.6 Å². The molecule has 3 nitrogen and oxygen atoms in total. The molecule has 1 atom stereocenters. The van der Waals surface area contributed by atoms with Crippen LogP contribution in [0.25, 0.3) is 0 Å². The third kappa shape index (κ3) is 1.87. The standard InChI is InChI=1S/C8H11ClN2O/c1-2-6(10)5-3-4-7(12)11-8(5)9/h3-4,6H,2,10H2,1H3,(H,11,12)/t6-/m0/s1. The molecule has 4 heteroatoms. The number of aromatic nitrogens is 1. The van der Waals surface area contributed by atoms with Gasteiger partial charge in [0, 0.05) is 17.7 Å². The summed E-state index contributed by atoms with van der Waals surface area (Å²) in [6, 6.07) is 2.99. The van der Waals surface area contributed by atoms with Crippen LogP contribution in [0.15, 0.2) is 16.9 Å². The predicted molar refractivity (Wildman–Crippen MR) is 49.3 cm³/mol. The summed E-state index contributed by atoms with van der Waals surface area (Å²) in [5, 5.41) is 0.344. The first-order valence-corrected chi connectivity index (χ1v) is 4.17. The summed E-state index contributed by atoms with van der Waals surface area (Å²) in [5.74, 6) is 0. The lowest BCUT2D eigenvalue weighted by atomic mass is 10.1. The van der Waals surface area contributed by atoms with E-state index in [0.717, 1.165) is 12.0 Å². The third-order valence-corrected chi connectivity index (χ3v) is 2.05. The number of pyridine rings is 1. The number of nitrogens with one attached hydrogen (secondary N) is 1. The molecule has 0 saturated carbocycles. The van der Waals surface area contributed by atoms with Crippen LogP contribution in [-0.2, 0) is 0 Å². The Morgan fingerprint density at radius 3 is 2.83 bits per heavy atom. The van der Waals surface area contributed by atoms with Gasteiger partial charge in [0.25, 0.3) is 0 Å². The van der Waals surface area contributed by atoms with Crippen molar-refractivity contribution in [1.82, 2.24) is 4.98 Å². The Bertz CT molecular complexity index is 321. The molecule has 66 valence electrons. The maximum atomic E-state index is 10.8. The molecule has 0 spiro atoms. The average molecular weight is 187 g/mol. The predicted octanol–water partition coefficient (Wildman–Crippen LogP) is 1.44. The van der Waals surface area contributed by atoms with E-state index in [0.29, 0.717) is 5.15 Å². The summed E-state index contributed by atoms with van der Waals surface area (Å²) in [6.45, 7) is 1.96. The van der Waals surface area contributed by atoms with E-state index in [1.807, 2.05) is 6.92 Å². The highest BCUT2D eigenvalue weighted by molar-refractivity contribution is 6.30. The highest BCUT2D eigenvalue weighted by atomic mass is 35.5. The molecule has 0 radical (unpaired) electrons. The van der Waals surface area contributed by atoms with Crippen molar-refractivity contribution in [3.63, 3.8) is 0 Å². The van der Waals surface area contributed by atoms with Gasteiger partial charge in [-0.1, -0.05) is 18.5 Å². The monoisotopic (exact) mass is 186 g/mol. The number of nitrogens with two attached hydrogens (primary N) is 1. The molecule has 0 aliphatic rings. The Balaban J connectivity index is 3.09. The van der Waals surface area contributed by atoms with E-state index >= 15 is 0 Å². The van der Waals surface area contributed by atoms with E-state index < -0.39 is 0 Å².